The van der Waals surface area contributed by atoms with Gasteiger partial charge in [-0.25, -0.2) is 4.98 Å². The van der Waals surface area contributed by atoms with E-state index in [-0.39, 0.29) is 5.84 Å². The van der Waals surface area contributed by atoms with E-state index in [1.807, 2.05) is 42.5 Å². The summed E-state index contributed by atoms with van der Waals surface area (Å²) in [7, 11) is 0. The molecule has 0 saturated heterocycles. The largest absolute Gasteiger partial charge is 0.382 e. The molecule has 0 atom stereocenters. The van der Waals surface area contributed by atoms with Crippen LogP contribution < -0.4 is 5.73 Å². The first kappa shape index (κ1) is 9.40. The molecule has 0 aliphatic heterocycles. The van der Waals surface area contributed by atoms with Crippen molar-refractivity contribution < 1.29 is 0 Å². The van der Waals surface area contributed by atoms with Crippen molar-refractivity contribution >= 4 is 5.84 Å². The summed E-state index contributed by atoms with van der Waals surface area (Å²) in [5.74, 6) is -0.00668. The van der Waals surface area contributed by atoms with Crippen LogP contribution in [0.5, 0.6) is 0 Å². The summed E-state index contributed by atoms with van der Waals surface area (Å²) in [6.45, 7) is 0. The fourth-order valence-corrected chi connectivity index (χ4v) is 1.35. The van der Waals surface area contributed by atoms with Crippen LogP contribution in [0, 0.1) is 5.41 Å². The second-order valence-electron chi connectivity index (χ2n) is 3.19. The van der Waals surface area contributed by atoms with E-state index < -0.39 is 0 Å². The Hall–Kier alpha value is -2.16. The number of nitrogens with zero attached hydrogens (tertiary/aromatic N) is 1. The highest BCUT2D eigenvalue weighted by molar-refractivity contribution is 5.93. The first-order chi connectivity index (χ1) is 7.27. The van der Waals surface area contributed by atoms with Crippen LogP contribution >= 0.6 is 0 Å². The van der Waals surface area contributed by atoms with Gasteiger partial charge in [-0.1, -0.05) is 36.4 Å². The highest BCUT2D eigenvalue weighted by atomic mass is 14.8. The third kappa shape index (κ3) is 2.02. The van der Waals surface area contributed by atoms with Crippen LogP contribution in [-0.4, -0.2) is 10.8 Å². The minimum absolute atomic E-state index is 0.00668. The smallest absolute Gasteiger partial charge is 0.141 e. The summed E-state index contributed by atoms with van der Waals surface area (Å²) >= 11 is 0. The third-order valence-corrected chi connectivity index (χ3v) is 2.09. The molecule has 0 bridgehead atoms. The Labute approximate surface area is 88.1 Å². The molecule has 0 amide bonds. The van der Waals surface area contributed by atoms with Crippen molar-refractivity contribution in [3.05, 3.63) is 54.2 Å². The molecule has 0 fully saturated rings. The normalized spacial score (nSPS) is 9.87. The molecule has 15 heavy (non-hydrogen) atoms. The number of hydrogen-bond donors (Lipinski definition) is 2. The van der Waals surface area contributed by atoms with Crippen molar-refractivity contribution in [2.24, 2.45) is 5.73 Å². The van der Waals surface area contributed by atoms with Gasteiger partial charge in [0.15, 0.2) is 0 Å². The molecule has 0 radical (unpaired) electrons. The monoisotopic (exact) mass is 197 g/mol. The standard InChI is InChI=1S/C12H11N3/c13-12(14)11-8-4-7-10(15-11)9-5-2-1-3-6-9/h1-8H,(H3,13,14). The van der Waals surface area contributed by atoms with Crippen LogP contribution in [0.2, 0.25) is 0 Å². The zero-order chi connectivity index (χ0) is 10.7. The van der Waals surface area contributed by atoms with E-state index in [4.69, 9.17) is 11.1 Å². The summed E-state index contributed by atoms with van der Waals surface area (Å²) in [5.41, 5.74) is 7.76. The minimum Gasteiger partial charge on any atom is -0.382 e. The first-order valence-corrected chi connectivity index (χ1v) is 4.64. The second-order valence-corrected chi connectivity index (χ2v) is 3.19. The quantitative estimate of drug-likeness (QED) is 0.571. The van der Waals surface area contributed by atoms with Crippen molar-refractivity contribution in [2.75, 3.05) is 0 Å². The summed E-state index contributed by atoms with van der Waals surface area (Å²) in [5, 5.41) is 7.31. The van der Waals surface area contributed by atoms with Crippen molar-refractivity contribution in [3.63, 3.8) is 0 Å². The van der Waals surface area contributed by atoms with Crippen LogP contribution in [0.1, 0.15) is 5.69 Å². The summed E-state index contributed by atoms with van der Waals surface area (Å²) < 4.78 is 0. The van der Waals surface area contributed by atoms with E-state index >= 15 is 0 Å². The summed E-state index contributed by atoms with van der Waals surface area (Å²) in [6, 6.07) is 15.3. The number of benzene rings is 1. The Kier molecular flexibility index (Phi) is 2.46. The highest BCUT2D eigenvalue weighted by Gasteiger charge is 2.01. The molecule has 0 spiro atoms. The van der Waals surface area contributed by atoms with Crippen LogP contribution in [0.25, 0.3) is 11.3 Å². The molecule has 0 saturated carbocycles. The Morgan fingerprint density at radius 1 is 1.00 bits per heavy atom. The van der Waals surface area contributed by atoms with Gasteiger partial charge in [0, 0.05) is 5.56 Å². The maximum Gasteiger partial charge on any atom is 0.141 e. The number of pyridine rings is 1. The van der Waals surface area contributed by atoms with Crippen LogP contribution in [-0.2, 0) is 0 Å². The third-order valence-electron chi connectivity index (χ3n) is 2.09. The molecule has 2 aromatic rings. The lowest BCUT2D eigenvalue weighted by Gasteiger charge is -2.02. The van der Waals surface area contributed by atoms with Crippen LogP contribution in [0.4, 0.5) is 0 Å². The molecule has 1 heterocycles. The maximum atomic E-state index is 7.31. The Balaban J connectivity index is 2.46. The minimum atomic E-state index is -0.00668. The predicted molar refractivity (Wildman–Crippen MR) is 60.7 cm³/mol. The highest BCUT2D eigenvalue weighted by Crippen LogP contribution is 2.15. The van der Waals surface area contributed by atoms with E-state index in [2.05, 4.69) is 4.98 Å². The SMILES string of the molecule is N=C(N)c1cccc(-c2ccccc2)n1. The fraction of sp³-hybridized carbons (Fsp3) is 0. The lowest BCUT2D eigenvalue weighted by atomic mass is 10.1. The summed E-state index contributed by atoms with van der Waals surface area (Å²) in [6.07, 6.45) is 0. The molecular weight excluding hydrogens is 186 g/mol. The van der Waals surface area contributed by atoms with Crippen molar-refractivity contribution in [2.45, 2.75) is 0 Å². The summed E-state index contributed by atoms with van der Waals surface area (Å²) in [4.78, 5) is 4.29. The molecule has 3 nitrogen and oxygen atoms in total. The van der Waals surface area contributed by atoms with Gasteiger partial charge < -0.3 is 5.73 Å². The molecule has 0 unspecified atom stereocenters. The number of amidine groups is 1. The predicted octanol–water partition coefficient (Wildman–Crippen LogP) is 2.03. The number of hydrogen-bond acceptors (Lipinski definition) is 2. The fourth-order valence-electron chi connectivity index (χ4n) is 1.35. The number of nitrogens with two attached hydrogens (primary N) is 1. The molecule has 2 rings (SSSR count). The average molecular weight is 197 g/mol. The van der Waals surface area contributed by atoms with E-state index in [0.29, 0.717) is 5.69 Å². The maximum absolute atomic E-state index is 7.31. The molecular formula is C12H11N3. The van der Waals surface area contributed by atoms with Gasteiger partial charge in [-0.2, -0.15) is 0 Å². The van der Waals surface area contributed by atoms with Gasteiger partial charge in [-0.05, 0) is 12.1 Å². The first-order valence-electron chi connectivity index (χ1n) is 4.64. The van der Waals surface area contributed by atoms with Gasteiger partial charge in [-0.15, -0.1) is 0 Å². The number of nitrogen functional groups attached to an aromatic ring is 1. The van der Waals surface area contributed by atoms with Gasteiger partial charge in [-0.3, -0.25) is 5.41 Å². The van der Waals surface area contributed by atoms with E-state index in [1.165, 1.54) is 0 Å². The zero-order valence-corrected chi connectivity index (χ0v) is 8.14. The molecule has 1 aromatic carbocycles. The molecule has 3 N–H and O–H groups in total. The van der Waals surface area contributed by atoms with Gasteiger partial charge in [0.05, 0.1) is 5.69 Å². The van der Waals surface area contributed by atoms with Gasteiger partial charge in [0.1, 0.15) is 11.5 Å². The van der Waals surface area contributed by atoms with Gasteiger partial charge >= 0.3 is 0 Å². The molecule has 0 aliphatic carbocycles. The van der Waals surface area contributed by atoms with Crippen molar-refractivity contribution in [1.82, 2.24) is 4.98 Å². The lowest BCUT2D eigenvalue weighted by Crippen LogP contribution is -2.13. The van der Waals surface area contributed by atoms with Crippen molar-refractivity contribution in [3.8, 4) is 11.3 Å². The van der Waals surface area contributed by atoms with Crippen LogP contribution in [0.3, 0.4) is 0 Å². The molecule has 3 heteroatoms. The topological polar surface area (TPSA) is 62.8 Å². The Morgan fingerprint density at radius 3 is 2.40 bits per heavy atom. The van der Waals surface area contributed by atoms with Crippen molar-refractivity contribution in [1.29, 1.82) is 5.41 Å². The number of nitrogens with one attached hydrogen (secondary N) is 1. The average Bonchev–Trinajstić information content (AvgIpc) is 2.30. The Morgan fingerprint density at radius 2 is 1.73 bits per heavy atom. The second kappa shape index (κ2) is 3.92. The molecule has 0 aliphatic rings. The number of aromatic nitrogens is 1. The van der Waals surface area contributed by atoms with Gasteiger partial charge in [0.2, 0.25) is 0 Å². The van der Waals surface area contributed by atoms with E-state index in [9.17, 15) is 0 Å². The van der Waals surface area contributed by atoms with Gasteiger partial charge in [0.25, 0.3) is 0 Å². The zero-order valence-electron chi connectivity index (χ0n) is 8.14. The number of rotatable bonds is 2. The molecule has 1 aromatic heterocycles. The van der Waals surface area contributed by atoms with E-state index in [1.54, 1.807) is 6.07 Å². The lowest BCUT2D eigenvalue weighted by molar-refractivity contribution is 1.26. The molecule has 74 valence electrons. The Bertz CT molecular complexity index is 477. The van der Waals surface area contributed by atoms with E-state index in [0.717, 1.165) is 11.3 Å². The van der Waals surface area contributed by atoms with Crippen LogP contribution in [0.15, 0.2) is 48.5 Å².